The molecule has 0 radical (unpaired) electrons. The summed E-state index contributed by atoms with van der Waals surface area (Å²) in [5.74, 6) is -0.674. The number of rotatable bonds is 2. The number of hydrogen-bond acceptors (Lipinski definition) is 3. The molecule has 0 aliphatic carbocycles. The Morgan fingerprint density at radius 3 is 2.88 bits per heavy atom. The van der Waals surface area contributed by atoms with E-state index in [1.807, 2.05) is 31.2 Å². The summed E-state index contributed by atoms with van der Waals surface area (Å²) in [5.41, 5.74) is 1.94. The normalized spacial score (nSPS) is 19.5. The van der Waals surface area contributed by atoms with Crippen LogP contribution in [0.1, 0.15) is 12.0 Å². The fourth-order valence-corrected chi connectivity index (χ4v) is 2.08. The van der Waals surface area contributed by atoms with Gasteiger partial charge in [0, 0.05) is 18.7 Å². The summed E-state index contributed by atoms with van der Waals surface area (Å²) < 4.78 is 4.67. The topological polar surface area (TPSA) is 46.6 Å². The van der Waals surface area contributed by atoms with E-state index in [4.69, 9.17) is 0 Å². The highest BCUT2D eigenvalue weighted by molar-refractivity contribution is 5.99. The molecule has 17 heavy (non-hydrogen) atoms. The summed E-state index contributed by atoms with van der Waals surface area (Å²) in [7, 11) is 1.35. The number of aryl methyl sites for hydroxylation is 1. The number of nitrogens with zero attached hydrogens (tertiary/aromatic N) is 1. The lowest BCUT2D eigenvalue weighted by Gasteiger charge is -2.16. The first-order chi connectivity index (χ1) is 8.11. The lowest BCUT2D eigenvalue weighted by Crippen LogP contribution is -2.26. The minimum Gasteiger partial charge on any atom is -0.469 e. The van der Waals surface area contributed by atoms with Crippen LogP contribution in [0.4, 0.5) is 5.69 Å². The van der Waals surface area contributed by atoms with Crippen LogP contribution >= 0.6 is 0 Å². The molecule has 1 aromatic carbocycles. The van der Waals surface area contributed by atoms with Crippen molar-refractivity contribution in [3.8, 4) is 0 Å². The van der Waals surface area contributed by atoms with Gasteiger partial charge in [-0.2, -0.15) is 0 Å². The molecule has 1 amide bonds. The van der Waals surface area contributed by atoms with Gasteiger partial charge in [0.05, 0.1) is 13.0 Å². The van der Waals surface area contributed by atoms with E-state index in [0.29, 0.717) is 6.54 Å². The zero-order chi connectivity index (χ0) is 12.4. The van der Waals surface area contributed by atoms with Crippen LogP contribution in [0.25, 0.3) is 0 Å². The van der Waals surface area contributed by atoms with Crippen molar-refractivity contribution in [3.05, 3.63) is 29.8 Å². The van der Waals surface area contributed by atoms with Gasteiger partial charge in [-0.25, -0.2) is 0 Å². The van der Waals surface area contributed by atoms with Crippen molar-refractivity contribution in [1.82, 2.24) is 0 Å². The predicted molar refractivity (Wildman–Crippen MR) is 63.7 cm³/mol. The number of ether oxygens (including phenoxy) is 1. The molecule has 2 rings (SSSR count). The van der Waals surface area contributed by atoms with Crippen LogP contribution in [-0.4, -0.2) is 25.5 Å². The Balaban J connectivity index is 2.18. The monoisotopic (exact) mass is 233 g/mol. The molecule has 90 valence electrons. The fraction of sp³-hybridized carbons (Fsp3) is 0.385. The van der Waals surface area contributed by atoms with Crippen molar-refractivity contribution >= 4 is 17.6 Å². The maximum Gasteiger partial charge on any atom is 0.311 e. The second kappa shape index (κ2) is 4.57. The minimum atomic E-state index is -0.340. The number of carbonyl (C=O) groups excluding carboxylic acids is 2. The zero-order valence-corrected chi connectivity index (χ0v) is 9.97. The Morgan fingerprint density at radius 1 is 1.47 bits per heavy atom. The molecule has 1 atom stereocenters. The smallest absolute Gasteiger partial charge is 0.311 e. The molecule has 0 bridgehead atoms. The third kappa shape index (κ3) is 2.30. The molecule has 4 heteroatoms. The highest BCUT2D eigenvalue weighted by atomic mass is 16.5. The molecule has 1 heterocycles. The maximum atomic E-state index is 11.8. The van der Waals surface area contributed by atoms with Crippen molar-refractivity contribution in [3.63, 3.8) is 0 Å². The number of hydrogen-bond donors (Lipinski definition) is 0. The quantitative estimate of drug-likeness (QED) is 0.728. The Bertz CT molecular complexity index is 456. The summed E-state index contributed by atoms with van der Waals surface area (Å²) in [6.45, 7) is 2.39. The number of amides is 1. The third-order valence-corrected chi connectivity index (χ3v) is 2.97. The van der Waals surface area contributed by atoms with Gasteiger partial charge in [-0.3, -0.25) is 9.59 Å². The van der Waals surface area contributed by atoms with E-state index in [1.165, 1.54) is 7.11 Å². The fourth-order valence-electron chi connectivity index (χ4n) is 2.08. The molecule has 0 aromatic heterocycles. The Morgan fingerprint density at radius 2 is 2.24 bits per heavy atom. The molecular formula is C13H15NO3. The molecular weight excluding hydrogens is 218 g/mol. The first-order valence-electron chi connectivity index (χ1n) is 5.56. The van der Waals surface area contributed by atoms with E-state index in [-0.39, 0.29) is 24.2 Å². The third-order valence-electron chi connectivity index (χ3n) is 2.97. The van der Waals surface area contributed by atoms with E-state index in [0.717, 1.165) is 11.3 Å². The van der Waals surface area contributed by atoms with Crippen molar-refractivity contribution in [2.24, 2.45) is 5.92 Å². The molecule has 0 spiro atoms. The van der Waals surface area contributed by atoms with Gasteiger partial charge in [-0.15, -0.1) is 0 Å². The van der Waals surface area contributed by atoms with Crippen LogP contribution in [-0.2, 0) is 14.3 Å². The van der Waals surface area contributed by atoms with Crippen LogP contribution in [0.3, 0.4) is 0 Å². The van der Waals surface area contributed by atoms with Gasteiger partial charge >= 0.3 is 5.97 Å². The lowest BCUT2D eigenvalue weighted by molar-refractivity contribution is -0.145. The minimum absolute atomic E-state index is 0.0222. The first kappa shape index (κ1) is 11.6. The number of methoxy groups -OCH3 is 1. The first-order valence-corrected chi connectivity index (χ1v) is 5.56. The molecule has 1 aromatic rings. The second-order valence-electron chi connectivity index (χ2n) is 4.27. The molecule has 0 unspecified atom stereocenters. The van der Waals surface area contributed by atoms with Crippen molar-refractivity contribution in [1.29, 1.82) is 0 Å². The maximum absolute atomic E-state index is 11.8. The van der Waals surface area contributed by atoms with Gasteiger partial charge in [0.1, 0.15) is 0 Å². The van der Waals surface area contributed by atoms with Gasteiger partial charge < -0.3 is 9.64 Å². The average molecular weight is 233 g/mol. The molecule has 1 aliphatic heterocycles. The highest BCUT2D eigenvalue weighted by Gasteiger charge is 2.35. The van der Waals surface area contributed by atoms with Gasteiger partial charge in [0.15, 0.2) is 0 Å². The SMILES string of the molecule is COC(=O)[C@@H]1CC(=O)N(c2cccc(C)c2)C1. The molecule has 1 aliphatic rings. The Labute approximate surface area is 100 Å². The summed E-state index contributed by atoms with van der Waals surface area (Å²) >= 11 is 0. The van der Waals surface area contributed by atoms with Crippen molar-refractivity contribution < 1.29 is 14.3 Å². The number of benzene rings is 1. The van der Waals surface area contributed by atoms with Gasteiger partial charge in [0.25, 0.3) is 0 Å². The highest BCUT2D eigenvalue weighted by Crippen LogP contribution is 2.26. The molecule has 0 saturated carbocycles. The second-order valence-corrected chi connectivity index (χ2v) is 4.27. The van der Waals surface area contributed by atoms with Gasteiger partial charge in [-0.1, -0.05) is 12.1 Å². The number of carbonyl (C=O) groups is 2. The summed E-state index contributed by atoms with van der Waals surface area (Å²) in [6, 6.07) is 7.70. The van der Waals surface area contributed by atoms with Crippen LogP contribution in [0.15, 0.2) is 24.3 Å². The van der Waals surface area contributed by atoms with Gasteiger partial charge in [-0.05, 0) is 24.6 Å². The van der Waals surface area contributed by atoms with E-state index >= 15 is 0 Å². The molecule has 1 saturated heterocycles. The van der Waals surface area contributed by atoms with Crippen molar-refractivity contribution in [2.75, 3.05) is 18.6 Å². The van der Waals surface area contributed by atoms with E-state index < -0.39 is 0 Å². The van der Waals surface area contributed by atoms with Gasteiger partial charge in [0.2, 0.25) is 5.91 Å². The van der Waals surface area contributed by atoms with Crippen molar-refractivity contribution in [2.45, 2.75) is 13.3 Å². The predicted octanol–water partition coefficient (Wildman–Crippen LogP) is 1.52. The van der Waals surface area contributed by atoms with E-state index in [9.17, 15) is 9.59 Å². The molecule has 1 fully saturated rings. The lowest BCUT2D eigenvalue weighted by atomic mass is 10.1. The summed E-state index contributed by atoms with van der Waals surface area (Å²) in [6.07, 6.45) is 0.237. The summed E-state index contributed by atoms with van der Waals surface area (Å²) in [4.78, 5) is 24.9. The van der Waals surface area contributed by atoms with E-state index in [2.05, 4.69) is 4.74 Å². The number of anilines is 1. The summed E-state index contributed by atoms with van der Waals surface area (Å²) in [5, 5.41) is 0. The van der Waals surface area contributed by atoms with Crippen LogP contribution in [0.2, 0.25) is 0 Å². The van der Waals surface area contributed by atoms with Crippen LogP contribution < -0.4 is 4.90 Å². The zero-order valence-electron chi connectivity index (χ0n) is 9.97. The Kier molecular flexibility index (Phi) is 3.13. The van der Waals surface area contributed by atoms with Crippen LogP contribution in [0, 0.1) is 12.8 Å². The number of esters is 1. The molecule has 4 nitrogen and oxygen atoms in total. The largest absolute Gasteiger partial charge is 0.469 e. The van der Waals surface area contributed by atoms with Crippen LogP contribution in [0.5, 0.6) is 0 Å². The Hall–Kier alpha value is -1.84. The average Bonchev–Trinajstić information content (AvgIpc) is 2.70. The molecule has 0 N–H and O–H groups in total. The standard InChI is InChI=1S/C13H15NO3/c1-9-4-3-5-11(6-9)14-8-10(7-12(14)15)13(16)17-2/h3-6,10H,7-8H2,1-2H3/t10-/m1/s1. The van der Waals surface area contributed by atoms with E-state index in [1.54, 1.807) is 4.90 Å².